The number of nitrogens with one attached hydrogen (secondary N) is 1. The predicted octanol–water partition coefficient (Wildman–Crippen LogP) is 3.18. The molecule has 0 amide bonds. The average Bonchev–Trinajstić information content (AvgIpc) is 3.40. The maximum atomic E-state index is 13.2. The molecule has 0 aliphatic carbocycles. The fourth-order valence-corrected chi connectivity index (χ4v) is 4.99. The Morgan fingerprint density at radius 3 is 2.69 bits per heavy atom. The molecular formula is C24H27N5O5S. The number of nitrogens with zero attached hydrogens (tertiary/aromatic N) is 4. The van der Waals surface area contributed by atoms with Crippen LogP contribution in [-0.4, -0.2) is 62.0 Å². The maximum absolute atomic E-state index is 13.2. The predicted molar refractivity (Wildman–Crippen MR) is 133 cm³/mol. The van der Waals surface area contributed by atoms with E-state index in [1.807, 2.05) is 22.6 Å². The van der Waals surface area contributed by atoms with Crippen LogP contribution in [0.1, 0.15) is 45.4 Å². The van der Waals surface area contributed by atoms with Gasteiger partial charge in [0.1, 0.15) is 5.69 Å². The van der Waals surface area contributed by atoms with E-state index in [2.05, 4.69) is 15.2 Å². The molecule has 0 atom stereocenters. The van der Waals surface area contributed by atoms with E-state index >= 15 is 0 Å². The molecule has 1 aromatic carbocycles. The second kappa shape index (κ2) is 10.4. The Kier molecular flexibility index (Phi) is 7.37. The van der Waals surface area contributed by atoms with Crippen LogP contribution in [0.4, 0.5) is 0 Å². The van der Waals surface area contributed by atoms with E-state index in [-0.39, 0.29) is 29.4 Å². The number of carbonyl (C=O) groups is 2. The molecule has 3 heterocycles. The first-order valence-electron chi connectivity index (χ1n) is 11.3. The molecule has 0 bridgehead atoms. The maximum Gasteiger partial charge on any atom is 0.355 e. The van der Waals surface area contributed by atoms with Crippen LogP contribution in [0.5, 0.6) is 0 Å². The van der Waals surface area contributed by atoms with E-state index in [4.69, 9.17) is 9.47 Å². The van der Waals surface area contributed by atoms with Crippen molar-refractivity contribution >= 4 is 40.2 Å². The Bertz CT molecular complexity index is 1470. The zero-order valence-electron chi connectivity index (χ0n) is 20.1. The van der Waals surface area contributed by atoms with Gasteiger partial charge in [-0.1, -0.05) is 23.9 Å². The molecule has 0 aliphatic heterocycles. The van der Waals surface area contributed by atoms with Crippen molar-refractivity contribution in [2.45, 2.75) is 38.9 Å². The number of aryl methyl sites for hydroxylation is 2. The van der Waals surface area contributed by atoms with Gasteiger partial charge >= 0.3 is 5.97 Å². The summed E-state index contributed by atoms with van der Waals surface area (Å²) in [6.07, 6.45) is 0.646. The molecule has 184 valence electrons. The normalized spacial score (nSPS) is 11.4. The number of aromatic nitrogens is 5. The van der Waals surface area contributed by atoms with Crippen LogP contribution in [0.15, 0.2) is 34.2 Å². The molecule has 0 saturated carbocycles. The molecule has 0 radical (unpaired) electrons. The molecule has 4 aromatic rings. The van der Waals surface area contributed by atoms with Crippen molar-refractivity contribution in [1.29, 1.82) is 0 Å². The molecule has 3 aromatic heterocycles. The molecule has 35 heavy (non-hydrogen) atoms. The number of ketones is 1. The summed E-state index contributed by atoms with van der Waals surface area (Å²) in [6.45, 7) is 6.41. The van der Waals surface area contributed by atoms with Crippen LogP contribution >= 0.6 is 11.8 Å². The summed E-state index contributed by atoms with van der Waals surface area (Å²) >= 11 is 1.23. The number of hydrogen-bond donors (Lipinski definition) is 1. The zero-order chi connectivity index (χ0) is 25.1. The smallest absolute Gasteiger partial charge is 0.355 e. The summed E-state index contributed by atoms with van der Waals surface area (Å²) in [6, 6.07) is 7.27. The lowest BCUT2D eigenvalue weighted by molar-refractivity contribution is 0.0519. The molecule has 0 aliphatic rings. The van der Waals surface area contributed by atoms with Gasteiger partial charge in [0.15, 0.2) is 10.9 Å². The Balaban J connectivity index is 1.68. The number of esters is 1. The highest BCUT2D eigenvalue weighted by Gasteiger charge is 2.24. The fourth-order valence-electron chi connectivity index (χ4n) is 4.17. The fraction of sp³-hybridized carbons (Fsp3) is 0.375. The second-order valence-corrected chi connectivity index (χ2v) is 8.94. The highest BCUT2D eigenvalue weighted by Crippen LogP contribution is 2.25. The number of para-hydroxylation sites is 1. The number of thioether (sulfide) groups is 1. The van der Waals surface area contributed by atoms with Gasteiger partial charge in [0, 0.05) is 31.5 Å². The molecular weight excluding hydrogens is 470 g/mol. The lowest BCUT2D eigenvalue weighted by atomic mass is 10.1. The van der Waals surface area contributed by atoms with E-state index in [0.717, 1.165) is 0 Å². The summed E-state index contributed by atoms with van der Waals surface area (Å²) < 4.78 is 13.6. The van der Waals surface area contributed by atoms with Gasteiger partial charge in [0.2, 0.25) is 5.78 Å². The third-order valence-corrected chi connectivity index (χ3v) is 6.67. The number of hydrogen-bond acceptors (Lipinski definition) is 8. The number of methoxy groups -OCH3 is 1. The van der Waals surface area contributed by atoms with Crippen LogP contribution in [0.2, 0.25) is 0 Å². The molecule has 4 rings (SSSR count). The van der Waals surface area contributed by atoms with Gasteiger partial charge < -0.3 is 14.5 Å². The van der Waals surface area contributed by atoms with Gasteiger partial charge in [0.25, 0.3) is 5.56 Å². The number of benzene rings is 1. The van der Waals surface area contributed by atoms with E-state index in [9.17, 15) is 14.4 Å². The lowest BCUT2D eigenvalue weighted by Crippen LogP contribution is -2.24. The Morgan fingerprint density at radius 1 is 1.17 bits per heavy atom. The first-order chi connectivity index (χ1) is 16.9. The summed E-state index contributed by atoms with van der Waals surface area (Å²) in [4.78, 5) is 41.4. The van der Waals surface area contributed by atoms with Crippen LogP contribution < -0.4 is 5.56 Å². The quantitative estimate of drug-likeness (QED) is 0.154. The van der Waals surface area contributed by atoms with Crippen molar-refractivity contribution in [3.05, 3.63) is 57.1 Å². The largest absolute Gasteiger partial charge is 0.461 e. The van der Waals surface area contributed by atoms with Crippen molar-refractivity contribution < 1.29 is 19.1 Å². The van der Waals surface area contributed by atoms with Crippen molar-refractivity contribution in [1.82, 2.24) is 24.1 Å². The van der Waals surface area contributed by atoms with Gasteiger partial charge in [-0.15, -0.1) is 10.2 Å². The molecule has 0 spiro atoms. The van der Waals surface area contributed by atoms with Gasteiger partial charge in [-0.25, -0.2) is 4.79 Å². The molecule has 0 fully saturated rings. The summed E-state index contributed by atoms with van der Waals surface area (Å²) in [5, 5.41) is 9.62. The Labute approximate surface area is 205 Å². The second-order valence-electron chi connectivity index (χ2n) is 8.00. The number of rotatable bonds is 10. The van der Waals surface area contributed by atoms with Gasteiger partial charge in [-0.2, -0.15) is 0 Å². The summed E-state index contributed by atoms with van der Waals surface area (Å²) in [7, 11) is 1.62. The minimum atomic E-state index is -0.485. The number of ether oxygens (including phenoxy) is 2. The molecule has 1 N–H and O–H groups in total. The number of aromatic amines is 1. The van der Waals surface area contributed by atoms with Crippen LogP contribution in [0.25, 0.3) is 16.7 Å². The molecule has 10 nitrogen and oxygen atoms in total. The minimum Gasteiger partial charge on any atom is -0.461 e. The number of Topliss-reactive ketones (excluding diaryl/α,β-unsaturated/α-hetero) is 1. The molecule has 11 heteroatoms. The standard InChI is InChI=1S/C24H27N5O5S/c1-5-34-22(32)20-14(2)19(15(3)25-20)18(30)13-35-24-27-26-23-28(11-8-12-33-4)21(31)16-9-6-7-10-17(16)29(23)24/h6-7,9-10,25H,5,8,11-13H2,1-4H3. The summed E-state index contributed by atoms with van der Waals surface area (Å²) in [5.41, 5.74) is 2.46. The van der Waals surface area contributed by atoms with Crippen molar-refractivity contribution in [2.75, 3.05) is 26.1 Å². The highest BCUT2D eigenvalue weighted by molar-refractivity contribution is 7.99. The van der Waals surface area contributed by atoms with Crippen molar-refractivity contribution in [3.63, 3.8) is 0 Å². The lowest BCUT2D eigenvalue weighted by Gasteiger charge is -2.11. The summed E-state index contributed by atoms with van der Waals surface area (Å²) in [5.74, 6) is -0.134. The van der Waals surface area contributed by atoms with E-state index in [1.165, 1.54) is 11.8 Å². The van der Waals surface area contributed by atoms with E-state index in [1.54, 1.807) is 38.5 Å². The Morgan fingerprint density at radius 2 is 1.94 bits per heavy atom. The monoisotopic (exact) mass is 497 g/mol. The number of fused-ring (bicyclic) bond motifs is 3. The zero-order valence-corrected chi connectivity index (χ0v) is 20.9. The first kappa shape index (κ1) is 24.7. The van der Waals surface area contributed by atoms with Crippen LogP contribution in [0, 0.1) is 13.8 Å². The average molecular weight is 498 g/mol. The van der Waals surface area contributed by atoms with Crippen LogP contribution in [-0.2, 0) is 16.0 Å². The third-order valence-electron chi connectivity index (χ3n) is 5.74. The topological polar surface area (TPSA) is 121 Å². The van der Waals surface area contributed by atoms with Crippen molar-refractivity contribution in [2.24, 2.45) is 0 Å². The molecule has 0 unspecified atom stereocenters. The Hall–Kier alpha value is -3.44. The number of carbonyl (C=O) groups excluding carboxylic acids is 2. The van der Waals surface area contributed by atoms with E-state index in [0.29, 0.717) is 58.2 Å². The third kappa shape index (κ3) is 4.61. The van der Waals surface area contributed by atoms with Gasteiger partial charge in [-0.05, 0) is 44.9 Å². The van der Waals surface area contributed by atoms with Crippen molar-refractivity contribution in [3.8, 4) is 0 Å². The van der Waals surface area contributed by atoms with Crippen LogP contribution in [0.3, 0.4) is 0 Å². The molecule has 0 saturated heterocycles. The number of H-pyrrole nitrogens is 1. The first-order valence-corrected chi connectivity index (χ1v) is 12.2. The highest BCUT2D eigenvalue weighted by atomic mass is 32.2. The van der Waals surface area contributed by atoms with Gasteiger partial charge in [-0.3, -0.25) is 18.6 Å². The van der Waals surface area contributed by atoms with E-state index < -0.39 is 5.97 Å². The SMILES string of the molecule is CCOC(=O)c1[nH]c(C)c(C(=O)CSc2nnc3n(CCCOC)c(=O)c4ccccc4n23)c1C. The minimum absolute atomic E-state index is 0.0831. The van der Waals surface area contributed by atoms with Gasteiger partial charge in [0.05, 0.1) is 23.3 Å².